The molecular weight excluding hydrogens is 322 g/mol. The van der Waals surface area contributed by atoms with Crippen molar-refractivity contribution in [1.82, 2.24) is 14.8 Å². The molecule has 0 spiro atoms. The van der Waals surface area contributed by atoms with Gasteiger partial charge < -0.3 is 4.90 Å². The third-order valence-electron chi connectivity index (χ3n) is 6.29. The highest BCUT2D eigenvalue weighted by Gasteiger charge is 2.37. The van der Waals surface area contributed by atoms with E-state index in [0.29, 0.717) is 24.8 Å². The van der Waals surface area contributed by atoms with E-state index in [1.54, 1.807) is 0 Å². The molecule has 4 heteroatoms. The second-order valence-electron chi connectivity index (χ2n) is 8.68. The van der Waals surface area contributed by atoms with Crippen LogP contribution in [0.25, 0.3) is 0 Å². The summed E-state index contributed by atoms with van der Waals surface area (Å²) in [6.45, 7) is 9.58. The van der Waals surface area contributed by atoms with Gasteiger partial charge in [-0.3, -0.25) is 14.7 Å². The molecule has 0 atom stereocenters. The Morgan fingerprint density at radius 1 is 1.12 bits per heavy atom. The highest BCUT2D eigenvalue weighted by atomic mass is 16.1. The first-order chi connectivity index (χ1) is 12.6. The standard InChI is InChI=1S/C22H35N3O/c1-19(2)25-14-9-22(10-15-25,16-20-8-4-5-11-23-20)17-21(26)18-24-12-6-3-7-13-24/h4-5,8,11,19H,3,6-7,9-10,12-18H2,1-2H3. The number of ketones is 1. The van der Waals surface area contributed by atoms with Crippen molar-refractivity contribution in [2.24, 2.45) is 5.41 Å². The van der Waals surface area contributed by atoms with E-state index in [1.165, 1.54) is 19.3 Å². The van der Waals surface area contributed by atoms with Gasteiger partial charge in [0.15, 0.2) is 0 Å². The number of carbonyl (C=O) groups excluding carboxylic acids is 1. The van der Waals surface area contributed by atoms with Gasteiger partial charge in [-0.15, -0.1) is 0 Å². The molecule has 3 heterocycles. The molecule has 0 N–H and O–H groups in total. The molecule has 3 rings (SSSR count). The van der Waals surface area contributed by atoms with Crippen LogP contribution in [-0.4, -0.2) is 59.3 Å². The summed E-state index contributed by atoms with van der Waals surface area (Å²) in [5.41, 5.74) is 1.23. The number of hydrogen-bond donors (Lipinski definition) is 0. The zero-order valence-electron chi connectivity index (χ0n) is 16.6. The van der Waals surface area contributed by atoms with Gasteiger partial charge in [-0.2, -0.15) is 0 Å². The summed E-state index contributed by atoms with van der Waals surface area (Å²) >= 11 is 0. The van der Waals surface area contributed by atoms with Crippen LogP contribution in [0.1, 0.15) is 58.1 Å². The van der Waals surface area contributed by atoms with Crippen LogP contribution < -0.4 is 0 Å². The van der Waals surface area contributed by atoms with Crippen molar-refractivity contribution in [2.75, 3.05) is 32.7 Å². The van der Waals surface area contributed by atoms with Crippen LogP contribution in [-0.2, 0) is 11.2 Å². The molecule has 0 unspecified atom stereocenters. The molecule has 0 amide bonds. The largest absolute Gasteiger partial charge is 0.301 e. The van der Waals surface area contributed by atoms with E-state index in [0.717, 1.165) is 51.1 Å². The summed E-state index contributed by atoms with van der Waals surface area (Å²) in [6.07, 6.45) is 9.55. The average molecular weight is 358 g/mol. The third-order valence-corrected chi connectivity index (χ3v) is 6.29. The Morgan fingerprint density at radius 2 is 1.85 bits per heavy atom. The van der Waals surface area contributed by atoms with Crippen molar-refractivity contribution in [1.29, 1.82) is 0 Å². The van der Waals surface area contributed by atoms with E-state index >= 15 is 0 Å². The molecule has 1 aromatic heterocycles. The monoisotopic (exact) mass is 357 g/mol. The maximum Gasteiger partial charge on any atom is 0.147 e. The second kappa shape index (κ2) is 9.09. The van der Waals surface area contributed by atoms with Crippen LogP contribution in [0.15, 0.2) is 24.4 Å². The highest BCUT2D eigenvalue weighted by molar-refractivity contribution is 5.81. The van der Waals surface area contributed by atoms with Crippen LogP contribution >= 0.6 is 0 Å². The summed E-state index contributed by atoms with van der Waals surface area (Å²) in [5, 5.41) is 0. The van der Waals surface area contributed by atoms with Crippen molar-refractivity contribution in [2.45, 2.75) is 64.8 Å². The molecule has 0 radical (unpaired) electrons. The van der Waals surface area contributed by atoms with Gasteiger partial charge >= 0.3 is 0 Å². The summed E-state index contributed by atoms with van der Waals surface area (Å²) in [7, 11) is 0. The summed E-state index contributed by atoms with van der Waals surface area (Å²) in [5.74, 6) is 0.431. The number of Topliss-reactive ketones (excluding diaryl/α,β-unsaturated/α-hetero) is 1. The Balaban J connectivity index is 1.65. The topological polar surface area (TPSA) is 36.4 Å². The van der Waals surface area contributed by atoms with Crippen molar-refractivity contribution in [3.63, 3.8) is 0 Å². The predicted octanol–water partition coefficient (Wildman–Crippen LogP) is 3.56. The molecule has 0 bridgehead atoms. The van der Waals surface area contributed by atoms with Gasteiger partial charge in [0.2, 0.25) is 0 Å². The summed E-state index contributed by atoms with van der Waals surface area (Å²) in [4.78, 5) is 22.4. The van der Waals surface area contributed by atoms with E-state index in [9.17, 15) is 4.79 Å². The van der Waals surface area contributed by atoms with Crippen molar-refractivity contribution >= 4 is 5.78 Å². The first kappa shape index (κ1) is 19.5. The fraction of sp³-hybridized carbons (Fsp3) is 0.727. The molecular formula is C22H35N3O. The lowest BCUT2D eigenvalue weighted by atomic mass is 9.71. The molecule has 0 saturated carbocycles. The smallest absolute Gasteiger partial charge is 0.147 e. The average Bonchev–Trinajstić information content (AvgIpc) is 2.63. The van der Waals surface area contributed by atoms with Gasteiger partial charge in [0.05, 0.1) is 6.54 Å². The molecule has 0 aromatic carbocycles. The number of aromatic nitrogens is 1. The Labute approximate surface area is 159 Å². The first-order valence-electron chi connectivity index (χ1n) is 10.4. The molecule has 2 saturated heterocycles. The Kier molecular flexibility index (Phi) is 6.82. The van der Waals surface area contributed by atoms with Crippen LogP contribution in [0.3, 0.4) is 0 Å². The highest BCUT2D eigenvalue weighted by Crippen LogP contribution is 2.39. The van der Waals surface area contributed by atoms with Gasteiger partial charge in [-0.25, -0.2) is 0 Å². The number of pyridine rings is 1. The van der Waals surface area contributed by atoms with Gasteiger partial charge in [0.25, 0.3) is 0 Å². The maximum absolute atomic E-state index is 12.9. The quantitative estimate of drug-likeness (QED) is 0.748. The molecule has 2 aliphatic heterocycles. The SMILES string of the molecule is CC(C)N1CCC(CC(=O)CN2CCCCC2)(Cc2ccccn2)CC1. The minimum atomic E-state index is 0.0899. The summed E-state index contributed by atoms with van der Waals surface area (Å²) in [6, 6.07) is 6.74. The fourth-order valence-corrected chi connectivity index (χ4v) is 4.66. The van der Waals surface area contributed by atoms with Crippen LogP contribution in [0.5, 0.6) is 0 Å². The van der Waals surface area contributed by atoms with Gasteiger partial charge in [0, 0.05) is 24.4 Å². The lowest BCUT2D eigenvalue weighted by molar-refractivity contribution is -0.123. The zero-order valence-corrected chi connectivity index (χ0v) is 16.6. The van der Waals surface area contributed by atoms with Crippen LogP contribution in [0.4, 0.5) is 0 Å². The van der Waals surface area contributed by atoms with Gasteiger partial charge in [-0.05, 0) is 89.7 Å². The number of piperidine rings is 2. The minimum absolute atomic E-state index is 0.0899. The third kappa shape index (κ3) is 5.37. The van der Waals surface area contributed by atoms with E-state index < -0.39 is 0 Å². The number of likely N-dealkylation sites (tertiary alicyclic amines) is 2. The normalized spacial score (nSPS) is 21.8. The van der Waals surface area contributed by atoms with E-state index in [1.807, 2.05) is 12.3 Å². The Morgan fingerprint density at radius 3 is 2.46 bits per heavy atom. The van der Waals surface area contributed by atoms with E-state index in [-0.39, 0.29) is 5.41 Å². The summed E-state index contributed by atoms with van der Waals surface area (Å²) < 4.78 is 0. The Hall–Kier alpha value is -1.26. The number of nitrogens with zero attached hydrogens (tertiary/aromatic N) is 3. The lowest BCUT2D eigenvalue weighted by Gasteiger charge is -2.43. The fourth-order valence-electron chi connectivity index (χ4n) is 4.66. The maximum atomic E-state index is 12.9. The number of rotatable bonds is 7. The number of hydrogen-bond acceptors (Lipinski definition) is 4. The first-order valence-corrected chi connectivity index (χ1v) is 10.4. The van der Waals surface area contributed by atoms with E-state index in [2.05, 4.69) is 40.8 Å². The minimum Gasteiger partial charge on any atom is -0.301 e. The van der Waals surface area contributed by atoms with Gasteiger partial charge in [0.1, 0.15) is 5.78 Å². The lowest BCUT2D eigenvalue weighted by Crippen LogP contribution is -2.46. The molecule has 4 nitrogen and oxygen atoms in total. The van der Waals surface area contributed by atoms with Gasteiger partial charge in [-0.1, -0.05) is 12.5 Å². The van der Waals surface area contributed by atoms with E-state index in [4.69, 9.17) is 0 Å². The van der Waals surface area contributed by atoms with Crippen LogP contribution in [0.2, 0.25) is 0 Å². The molecule has 2 aliphatic rings. The molecule has 1 aromatic rings. The molecule has 0 aliphatic carbocycles. The molecule has 2 fully saturated rings. The zero-order chi connectivity index (χ0) is 18.4. The van der Waals surface area contributed by atoms with Crippen molar-refractivity contribution < 1.29 is 4.79 Å². The molecule has 26 heavy (non-hydrogen) atoms. The molecule has 144 valence electrons. The second-order valence-corrected chi connectivity index (χ2v) is 8.68. The number of carbonyl (C=O) groups is 1. The predicted molar refractivity (Wildman–Crippen MR) is 106 cm³/mol. The van der Waals surface area contributed by atoms with Crippen LogP contribution in [0, 0.1) is 5.41 Å². The van der Waals surface area contributed by atoms with Crippen molar-refractivity contribution in [3.05, 3.63) is 30.1 Å². The van der Waals surface area contributed by atoms with Crippen molar-refractivity contribution in [3.8, 4) is 0 Å². The Bertz CT molecular complexity index is 558.